The van der Waals surface area contributed by atoms with Crippen LogP contribution in [0.15, 0.2) is 48.8 Å². The van der Waals surface area contributed by atoms with Crippen LogP contribution in [0.25, 0.3) is 0 Å². The van der Waals surface area contributed by atoms with Crippen molar-refractivity contribution in [3.8, 4) is 11.5 Å². The number of ether oxygens (including phenoxy) is 1. The number of hydrogen-bond donors (Lipinski definition) is 2. The Morgan fingerprint density at radius 3 is 2.91 bits per heavy atom. The number of nitrogens with zero attached hydrogens (tertiary/aromatic N) is 1. The number of amides is 1. The minimum absolute atomic E-state index is 0.0595. The van der Waals surface area contributed by atoms with E-state index < -0.39 is 0 Å². The van der Waals surface area contributed by atoms with Crippen LogP contribution in [0.4, 0.5) is 0 Å². The van der Waals surface area contributed by atoms with Gasteiger partial charge in [-0.15, -0.1) is 0 Å². The molecule has 1 aliphatic rings. The van der Waals surface area contributed by atoms with E-state index in [2.05, 4.69) is 15.6 Å². The zero-order valence-corrected chi connectivity index (χ0v) is 13.0. The van der Waals surface area contributed by atoms with Gasteiger partial charge < -0.3 is 15.4 Å². The largest absolute Gasteiger partial charge is 0.457 e. The lowest BCUT2D eigenvalue weighted by Crippen LogP contribution is -2.38. The fourth-order valence-corrected chi connectivity index (χ4v) is 2.68. The number of rotatable bonds is 5. The molecule has 5 heteroatoms. The standard InChI is InChI=1S/C18H21N3O2/c22-18(21-13-14-3-2-8-20-12-14)15-4-1-5-17(11-15)23-16-6-9-19-10-7-16/h1,4-7,9-11,14,20H,2-3,8,12-13H2,(H,21,22). The molecule has 0 bridgehead atoms. The molecular formula is C18H21N3O2. The third-order valence-electron chi connectivity index (χ3n) is 3.93. The monoisotopic (exact) mass is 311 g/mol. The Morgan fingerprint density at radius 2 is 2.13 bits per heavy atom. The summed E-state index contributed by atoms with van der Waals surface area (Å²) in [6.07, 6.45) is 5.68. The van der Waals surface area contributed by atoms with Gasteiger partial charge in [-0.25, -0.2) is 0 Å². The van der Waals surface area contributed by atoms with Crippen molar-refractivity contribution in [3.63, 3.8) is 0 Å². The minimum atomic E-state index is -0.0595. The molecule has 0 radical (unpaired) electrons. The molecule has 1 saturated heterocycles. The van der Waals surface area contributed by atoms with Crippen molar-refractivity contribution in [2.45, 2.75) is 12.8 Å². The number of hydrogen-bond acceptors (Lipinski definition) is 4. The lowest BCUT2D eigenvalue weighted by molar-refractivity contribution is 0.0944. The summed E-state index contributed by atoms with van der Waals surface area (Å²) < 4.78 is 5.73. The lowest BCUT2D eigenvalue weighted by Gasteiger charge is -2.22. The topological polar surface area (TPSA) is 63.2 Å². The summed E-state index contributed by atoms with van der Waals surface area (Å²) in [4.78, 5) is 16.2. The number of pyridine rings is 1. The van der Waals surface area contributed by atoms with E-state index in [1.165, 1.54) is 12.8 Å². The van der Waals surface area contributed by atoms with Crippen molar-refractivity contribution in [3.05, 3.63) is 54.4 Å². The van der Waals surface area contributed by atoms with Crippen molar-refractivity contribution in [1.29, 1.82) is 0 Å². The van der Waals surface area contributed by atoms with Gasteiger partial charge in [-0.3, -0.25) is 9.78 Å². The Morgan fingerprint density at radius 1 is 1.26 bits per heavy atom. The molecule has 1 unspecified atom stereocenters. The Labute approximate surface area is 136 Å². The predicted molar refractivity (Wildman–Crippen MR) is 88.7 cm³/mol. The number of piperidine rings is 1. The molecule has 1 amide bonds. The molecule has 2 heterocycles. The van der Waals surface area contributed by atoms with Gasteiger partial charge in [0.05, 0.1) is 0 Å². The molecule has 0 aliphatic carbocycles. The van der Waals surface area contributed by atoms with Crippen molar-refractivity contribution in [2.24, 2.45) is 5.92 Å². The highest BCUT2D eigenvalue weighted by Gasteiger charge is 2.14. The number of carbonyl (C=O) groups excluding carboxylic acids is 1. The fourth-order valence-electron chi connectivity index (χ4n) is 2.68. The summed E-state index contributed by atoms with van der Waals surface area (Å²) in [7, 11) is 0. The summed E-state index contributed by atoms with van der Waals surface area (Å²) in [5.41, 5.74) is 0.611. The third kappa shape index (κ3) is 4.53. The molecule has 1 aromatic carbocycles. The van der Waals surface area contributed by atoms with Gasteiger partial charge in [0.1, 0.15) is 11.5 Å². The predicted octanol–water partition coefficient (Wildman–Crippen LogP) is 2.60. The van der Waals surface area contributed by atoms with Gasteiger partial charge in [0.15, 0.2) is 0 Å². The zero-order valence-electron chi connectivity index (χ0n) is 13.0. The van der Waals surface area contributed by atoms with Gasteiger partial charge in [0.25, 0.3) is 5.91 Å². The van der Waals surface area contributed by atoms with E-state index in [4.69, 9.17) is 4.74 Å². The molecule has 3 rings (SSSR count). The molecule has 1 fully saturated rings. The maximum absolute atomic E-state index is 12.3. The van der Waals surface area contributed by atoms with E-state index in [0.29, 0.717) is 29.5 Å². The molecule has 1 atom stereocenters. The second kappa shape index (κ2) is 7.74. The average Bonchev–Trinajstić information content (AvgIpc) is 2.62. The highest BCUT2D eigenvalue weighted by Crippen LogP contribution is 2.21. The second-order valence-electron chi connectivity index (χ2n) is 5.74. The van der Waals surface area contributed by atoms with Crippen LogP contribution in [0.1, 0.15) is 23.2 Å². The van der Waals surface area contributed by atoms with Crippen LogP contribution < -0.4 is 15.4 Å². The number of benzene rings is 1. The van der Waals surface area contributed by atoms with Crippen LogP contribution in [0.2, 0.25) is 0 Å². The Kier molecular flexibility index (Phi) is 5.21. The van der Waals surface area contributed by atoms with Gasteiger partial charge in [0, 0.05) is 24.5 Å². The summed E-state index contributed by atoms with van der Waals surface area (Å²) in [6.45, 7) is 2.77. The highest BCUT2D eigenvalue weighted by atomic mass is 16.5. The van der Waals surface area contributed by atoms with Crippen molar-refractivity contribution in [2.75, 3.05) is 19.6 Å². The normalized spacial score (nSPS) is 17.5. The van der Waals surface area contributed by atoms with E-state index in [-0.39, 0.29) is 5.91 Å². The van der Waals surface area contributed by atoms with E-state index in [0.717, 1.165) is 13.1 Å². The minimum Gasteiger partial charge on any atom is -0.457 e. The van der Waals surface area contributed by atoms with Crippen LogP contribution in [-0.4, -0.2) is 30.5 Å². The average molecular weight is 311 g/mol. The summed E-state index contributed by atoms with van der Waals surface area (Å²) in [6, 6.07) is 10.8. The van der Waals surface area contributed by atoms with Gasteiger partial charge in [0.2, 0.25) is 0 Å². The lowest BCUT2D eigenvalue weighted by atomic mass is 9.99. The Bertz CT molecular complexity index is 640. The van der Waals surface area contributed by atoms with E-state index >= 15 is 0 Å². The quantitative estimate of drug-likeness (QED) is 0.891. The molecule has 2 aromatic rings. The summed E-state index contributed by atoms with van der Waals surface area (Å²) in [5.74, 6) is 1.80. The molecule has 0 saturated carbocycles. The van der Waals surface area contributed by atoms with Gasteiger partial charge in [-0.2, -0.15) is 0 Å². The van der Waals surface area contributed by atoms with Crippen LogP contribution in [-0.2, 0) is 0 Å². The molecule has 2 N–H and O–H groups in total. The van der Waals surface area contributed by atoms with Gasteiger partial charge >= 0.3 is 0 Å². The first kappa shape index (κ1) is 15.5. The van der Waals surface area contributed by atoms with Gasteiger partial charge in [-0.1, -0.05) is 6.07 Å². The first-order valence-electron chi connectivity index (χ1n) is 7.98. The molecule has 5 nitrogen and oxygen atoms in total. The molecule has 1 aromatic heterocycles. The summed E-state index contributed by atoms with van der Waals surface area (Å²) >= 11 is 0. The first-order valence-corrected chi connectivity index (χ1v) is 7.98. The maximum atomic E-state index is 12.3. The smallest absolute Gasteiger partial charge is 0.251 e. The van der Waals surface area contributed by atoms with Crippen molar-refractivity contribution in [1.82, 2.24) is 15.6 Å². The molecule has 0 spiro atoms. The third-order valence-corrected chi connectivity index (χ3v) is 3.93. The molecule has 23 heavy (non-hydrogen) atoms. The number of aromatic nitrogens is 1. The van der Waals surface area contributed by atoms with Crippen LogP contribution in [0.3, 0.4) is 0 Å². The van der Waals surface area contributed by atoms with E-state index in [1.807, 2.05) is 12.1 Å². The molecule has 120 valence electrons. The Hall–Kier alpha value is -2.40. The second-order valence-corrected chi connectivity index (χ2v) is 5.74. The van der Waals surface area contributed by atoms with Crippen molar-refractivity contribution >= 4 is 5.91 Å². The van der Waals surface area contributed by atoms with Crippen LogP contribution >= 0.6 is 0 Å². The van der Waals surface area contributed by atoms with Crippen LogP contribution in [0.5, 0.6) is 11.5 Å². The number of nitrogens with one attached hydrogen (secondary N) is 2. The highest BCUT2D eigenvalue weighted by molar-refractivity contribution is 5.94. The van der Waals surface area contributed by atoms with Gasteiger partial charge in [-0.05, 0) is 62.2 Å². The van der Waals surface area contributed by atoms with Crippen molar-refractivity contribution < 1.29 is 9.53 Å². The maximum Gasteiger partial charge on any atom is 0.251 e. The fraction of sp³-hybridized carbons (Fsp3) is 0.333. The molecular weight excluding hydrogens is 290 g/mol. The van der Waals surface area contributed by atoms with E-state index in [9.17, 15) is 4.79 Å². The number of carbonyl (C=O) groups is 1. The summed E-state index contributed by atoms with van der Waals surface area (Å²) in [5, 5.41) is 6.37. The molecule has 1 aliphatic heterocycles. The van der Waals surface area contributed by atoms with E-state index in [1.54, 1.807) is 36.7 Å². The SMILES string of the molecule is O=C(NCC1CCCNC1)c1cccc(Oc2ccncc2)c1. The van der Waals surface area contributed by atoms with Crippen LogP contribution in [0, 0.1) is 5.92 Å². The Balaban J connectivity index is 1.58. The first-order chi connectivity index (χ1) is 11.3. The zero-order chi connectivity index (χ0) is 15.9.